The summed E-state index contributed by atoms with van der Waals surface area (Å²) in [5.41, 5.74) is 0.483. The molecule has 0 bridgehead atoms. The van der Waals surface area contributed by atoms with Crippen LogP contribution in [0, 0.1) is 0 Å². The van der Waals surface area contributed by atoms with E-state index < -0.39 is 16.3 Å². The molecule has 4 aromatic rings. The van der Waals surface area contributed by atoms with E-state index in [2.05, 4.69) is 70.3 Å². The van der Waals surface area contributed by atoms with Crippen LogP contribution in [0.1, 0.15) is 10.4 Å². The molecule has 0 fully saturated rings. The molecule has 4 aromatic carbocycles. The minimum atomic E-state index is -3.35. The van der Waals surface area contributed by atoms with Gasteiger partial charge >= 0.3 is 232 Å². The first-order valence-electron chi connectivity index (χ1n) is 12.0. The van der Waals surface area contributed by atoms with Crippen LogP contribution >= 0.6 is 26.3 Å². The molecule has 4 rings (SSSR count). The minimum absolute atomic E-state index is 0.0652. The zero-order chi connectivity index (χ0) is 26.2. The summed E-state index contributed by atoms with van der Waals surface area (Å²) < 4.78 is 2.18. The molecule has 0 radical (unpaired) electrons. The molecule has 0 heterocycles. The SMILES string of the molecule is C=CCOC(=O)[C@@H](CP(I)(c1ccccc1)(c1ccccc1)c1ccccc1)NC(=O)c1ccccc1. The summed E-state index contributed by atoms with van der Waals surface area (Å²) >= 11 is 2.60. The molecule has 6 heteroatoms. The molecule has 0 aliphatic carbocycles. The van der Waals surface area contributed by atoms with E-state index >= 15 is 0 Å². The van der Waals surface area contributed by atoms with Gasteiger partial charge in [-0.2, -0.15) is 0 Å². The fourth-order valence-corrected chi connectivity index (χ4v) is 13.5. The van der Waals surface area contributed by atoms with E-state index in [1.165, 1.54) is 6.08 Å². The van der Waals surface area contributed by atoms with Crippen LogP contribution in [0.2, 0.25) is 0 Å². The summed E-state index contributed by atoms with van der Waals surface area (Å²) in [4.78, 5) is 26.8. The van der Waals surface area contributed by atoms with E-state index in [0.29, 0.717) is 11.7 Å². The molecular weight excluding hydrogens is 592 g/mol. The molecule has 188 valence electrons. The van der Waals surface area contributed by atoms with Gasteiger partial charge in [0.1, 0.15) is 0 Å². The molecule has 4 nitrogen and oxygen atoms in total. The van der Waals surface area contributed by atoms with Crippen molar-refractivity contribution >= 4 is 54.1 Å². The second kappa shape index (κ2) is 11.8. The second-order valence-electron chi connectivity index (χ2n) is 8.68. The Balaban J connectivity index is 1.93. The number of halogens is 1. The van der Waals surface area contributed by atoms with E-state index in [-0.39, 0.29) is 12.5 Å². The number of nitrogens with one attached hydrogen (secondary N) is 1. The van der Waals surface area contributed by atoms with Crippen LogP contribution < -0.4 is 21.2 Å². The third kappa shape index (κ3) is 5.53. The van der Waals surface area contributed by atoms with Gasteiger partial charge in [0.25, 0.3) is 0 Å². The first-order chi connectivity index (χ1) is 18.0. The van der Waals surface area contributed by atoms with Crippen LogP contribution in [0.5, 0.6) is 0 Å². The molecule has 0 aliphatic heterocycles. The van der Waals surface area contributed by atoms with E-state index in [4.69, 9.17) is 4.74 Å². The molecule has 37 heavy (non-hydrogen) atoms. The van der Waals surface area contributed by atoms with Crippen LogP contribution in [-0.4, -0.2) is 30.7 Å². The predicted octanol–water partition coefficient (Wildman–Crippen LogP) is 5.39. The third-order valence-electron chi connectivity index (χ3n) is 6.38. The van der Waals surface area contributed by atoms with E-state index in [0.717, 1.165) is 15.9 Å². The normalized spacial score (nSPS) is 12.9. The van der Waals surface area contributed by atoms with Crippen molar-refractivity contribution in [3.8, 4) is 0 Å². The van der Waals surface area contributed by atoms with Gasteiger partial charge in [-0.05, 0) is 0 Å². The zero-order valence-corrected chi connectivity index (χ0v) is 23.4. The number of carbonyl (C=O) groups is 2. The Labute approximate surface area is 231 Å². The number of rotatable bonds is 10. The van der Waals surface area contributed by atoms with Crippen LogP contribution in [0.15, 0.2) is 134 Å². The Bertz CT molecular complexity index is 1250. The van der Waals surface area contributed by atoms with Gasteiger partial charge in [0.15, 0.2) is 0 Å². The van der Waals surface area contributed by atoms with E-state index in [1.54, 1.807) is 24.3 Å². The van der Waals surface area contributed by atoms with Crippen molar-refractivity contribution < 1.29 is 14.3 Å². The fraction of sp³-hybridized carbons (Fsp3) is 0.0968. The molecular formula is C31H29INO3P. The first kappa shape index (κ1) is 26.8. The van der Waals surface area contributed by atoms with Crippen LogP contribution in [0.25, 0.3) is 0 Å². The van der Waals surface area contributed by atoms with E-state index in [9.17, 15) is 9.59 Å². The van der Waals surface area contributed by atoms with Gasteiger partial charge < -0.3 is 0 Å². The topological polar surface area (TPSA) is 55.4 Å². The van der Waals surface area contributed by atoms with Gasteiger partial charge in [-0.3, -0.25) is 0 Å². The molecule has 0 saturated heterocycles. The van der Waals surface area contributed by atoms with Crippen LogP contribution in [0.4, 0.5) is 0 Å². The number of benzene rings is 4. The van der Waals surface area contributed by atoms with Crippen molar-refractivity contribution in [2.24, 2.45) is 0 Å². The molecule has 0 aromatic heterocycles. The van der Waals surface area contributed by atoms with Crippen LogP contribution in [0.3, 0.4) is 0 Å². The van der Waals surface area contributed by atoms with Crippen molar-refractivity contribution in [1.82, 2.24) is 5.32 Å². The fourth-order valence-electron chi connectivity index (χ4n) is 4.57. The summed E-state index contributed by atoms with van der Waals surface area (Å²) in [6, 6.07) is 38.9. The number of ether oxygens (including phenoxy) is 1. The molecule has 1 atom stereocenters. The summed E-state index contributed by atoms with van der Waals surface area (Å²) in [6.45, 7) is 3.74. The molecule has 0 unspecified atom stereocenters. The number of amides is 1. The molecule has 0 saturated carbocycles. The summed E-state index contributed by atoms with van der Waals surface area (Å²) in [7, 11) is 0. The van der Waals surface area contributed by atoms with Crippen molar-refractivity contribution in [1.29, 1.82) is 0 Å². The average Bonchev–Trinajstić information content (AvgIpc) is 2.97. The predicted molar refractivity (Wildman–Crippen MR) is 163 cm³/mol. The molecule has 1 N–H and O–H groups in total. The number of hydrogen-bond acceptors (Lipinski definition) is 3. The molecule has 0 spiro atoms. The summed E-state index contributed by atoms with van der Waals surface area (Å²) in [6.07, 6.45) is 1.88. The van der Waals surface area contributed by atoms with Gasteiger partial charge in [-0.15, -0.1) is 0 Å². The second-order valence-corrected chi connectivity index (χ2v) is 19.4. The monoisotopic (exact) mass is 621 g/mol. The third-order valence-corrected chi connectivity index (χ3v) is 17.7. The van der Waals surface area contributed by atoms with Gasteiger partial charge in [-0.1, -0.05) is 0 Å². The maximum absolute atomic E-state index is 13.5. The number of carbonyl (C=O) groups excluding carboxylic acids is 2. The van der Waals surface area contributed by atoms with E-state index in [1.807, 2.05) is 60.7 Å². The van der Waals surface area contributed by atoms with Gasteiger partial charge in [-0.25, -0.2) is 0 Å². The van der Waals surface area contributed by atoms with Crippen molar-refractivity contribution in [2.45, 2.75) is 6.04 Å². The van der Waals surface area contributed by atoms with Gasteiger partial charge in [0.2, 0.25) is 0 Å². The Morgan fingerprint density at radius 3 is 1.57 bits per heavy atom. The Hall–Kier alpha value is -3.28. The summed E-state index contributed by atoms with van der Waals surface area (Å²) in [5, 5.41) is 6.35. The molecule has 0 aliphatic rings. The average molecular weight is 621 g/mol. The van der Waals surface area contributed by atoms with Gasteiger partial charge in [0, 0.05) is 0 Å². The van der Waals surface area contributed by atoms with Crippen molar-refractivity contribution in [3.05, 3.63) is 140 Å². The summed E-state index contributed by atoms with van der Waals surface area (Å²) in [5.74, 6) is -0.811. The van der Waals surface area contributed by atoms with Crippen LogP contribution in [-0.2, 0) is 9.53 Å². The molecule has 1 amide bonds. The number of hydrogen-bond donors (Lipinski definition) is 1. The standard InChI is InChI=1S/C31H29INO3P/c1-2-23-36-31(35)29(33-30(34)25-15-7-3-8-16-25)24-37(32,26-17-9-4-10-18-26,27-19-11-5-12-20-27)28-21-13-6-14-22-28/h2-22,29H,1,23-24H2,(H,33,34)/t29-/m1/s1. The van der Waals surface area contributed by atoms with Crippen molar-refractivity contribution in [2.75, 3.05) is 12.8 Å². The maximum atomic E-state index is 13.5. The Morgan fingerprint density at radius 1 is 0.757 bits per heavy atom. The zero-order valence-electron chi connectivity index (χ0n) is 20.4. The first-order valence-corrected chi connectivity index (χ1v) is 17.2. The quantitative estimate of drug-likeness (QED) is 0.112. The Kier molecular flexibility index (Phi) is 8.57. The Morgan fingerprint density at radius 2 is 1.16 bits per heavy atom. The van der Waals surface area contributed by atoms with Gasteiger partial charge in [0.05, 0.1) is 0 Å². The number of esters is 1. The van der Waals surface area contributed by atoms with Crippen molar-refractivity contribution in [3.63, 3.8) is 0 Å².